The van der Waals surface area contributed by atoms with E-state index in [1.807, 2.05) is 0 Å². The van der Waals surface area contributed by atoms with E-state index in [0.29, 0.717) is 84.2 Å². The summed E-state index contributed by atoms with van der Waals surface area (Å²) in [5, 5.41) is 0. The van der Waals surface area contributed by atoms with Crippen molar-refractivity contribution in [2.24, 2.45) is 0 Å². The van der Waals surface area contributed by atoms with E-state index < -0.39 is 6.29 Å². The van der Waals surface area contributed by atoms with Crippen molar-refractivity contribution in [3.63, 3.8) is 0 Å². The van der Waals surface area contributed by atoms with E-state index in [1.54, 1.807) is 13.8 Å². The molecule has 8 heteroatoms. The van der Waals surface area contributed by atoms with Gasteiger partial charge in [0.15, 0.2) is 0 Å². The summed E-state index contributed by atoms with van der Waals surface area (Å²) in [4.78, 5) is 0. The highest BCUT2D eigenvalue weighted by Gasteiger charge is 2.11. The molecular formula is C20H37O8. The molecule has 0 aliphatic carbocycles. The predicted octanol–water partition coefficient (Wildman–Crippen LogP) is 2.35. The monoisotopic (exact) mass is 405 g/mol. The number of hydrogen-bond donors (Lipinski definition) is 0. The average molecular weight is 406 g/mol. The van der Waals surface area contributed by atoms with Crippen LogP contribution in [-0.4, -0.2) is 85.6 Å². The molecule has 28 heavy (non-hydrogen) atoms. The summed E-state index contributed by atoms with van der Waals surface area (Å²) in [6.07, 6.45) is -0.536. The molecule has 1 atom stereocenters. The first-order chi connectivity index (χ1) is 13.6. The maximum Gasteiger partial charge on any atom is 0.233 e. The zero-order valence-electron chi connectivity index (χ0n) is 17.4. The molecule has 0 N–H and O–H groups in total. The molecule has 165 valence electrons. The van der Waals surface area contributed by atoms with Gasteiger partial charge in [-0.1, -0.05) is 13.2 Å². The fourth-order valence-electron chi connectivity index (χ4n) is 1.77. The van der Waals surface area contributed by atoms with Crippen molar-refractivity contribution >= 4 is 0 Å². The third-order valence-electron chi connectivity index (χ3n) is 2.96. The van der Waals surface area contributed by atoms with Crippen molar-refractivity contribution in [2.45, 2.75) is 20.1 Å². The summed E-state index contributed by atoms with van der Waals surface area (Å²) in [6, 6.07) is 0. The van der Waals surface area contributed by atoms with E-state index in [1.165, 1.54) is 0 Å². The van der Waals surface area contributed by atoms with E-state index in [0.717, 1.165) is 0 Å². The van der Waals surface area contributed by atoms with Gasteiger partial charge in [-0.25, -0.2) is 0 Å². The standard InChI is InChI=1S/C20H37O8/c1-6-21-7-8-22-9-10-23-11-12-24-13-14-25-15-16-26-20(28-19(4)5)17-27-18(2)3/h20H,1-2,4,6-17H2,3,5H3. The molecule has 0 saturated heterocycles. The summed E-state index contributed by atoms with van der Waals surface area (Å²) >= 11 is 0. The molecule has 0 aromatic carbocycles. The second-order valence-electron chi connectivity index (χ2n) is 5.70. The molecule has 0 heterocycles. The van der Waals surface area contributed by atoms with Crippen LogP contribution in [0, 0.1) is 6.92 Å². The molecule has 0 spiro atoms. The molecule has 0 aromatic heterocycles. The highest BCUT2D eigenvalue weighted by atomic mass is 16.7. The van der Waals surface area contributed by atoms with Gasteiger partial charge in [0.05, 0.1) is 77.6 Å². The van der Waals surface area contributed by atoms with Crippen LogP contribution in [0.1, 0.15) is 13.8 Å². The van der Waals surface area contributed by atoms with Crippen LogP contribution in [0.3, 0.4) is 0 Å². The van der Waals surface area contributed by atoms with Gasteiger partial charge in [0, 0.05) is 6.61 Å². The highest BCUT2D eigenvalue weighted by Crippen LogP contribution is 2.05. The Labute approximate surface area is 169 Å². The normalized spacial score (nSPS) is 12.0. The summed E-state index contributed by atoms with van der Waals surface area (Å²) in [5.74, 6) is 1.16. The first-order valence-electron chi connectivity index (χ1n) is 9.46. The highest BCUT2D eigenvalue weighted by molar-refractivity contribution is 4.77. The SMILES string of the molecule is [CH2]COCCOCCOCCOCCOCCOC(COC(=C)C)OC(=C)C. The van der Waals surface area contributed by atoms with Crippen LogP contribution >= 0.6 is 0 Å². The van der Waals surface area contributed by atoms with Crippen LogP contribution < -0.4 is 0 Å². The van der Waals surface area contributed by atoms with Crippen molar-refractivity contribution < 1.29 is 37.9 Å². The zero-order valence-corrected chi connectivity index (χ0v) is 17.4. The first-order valence-corrected chi connectivity index (χ1v) is 9.46. The van der Waals surface area contributed by atoms with Gasteiger partial charge < -0.3 is 37.9 Å². The fourth-order valence-corrected chi connectivity index (χ4v) is 1.77. The van der Waals surface area contributed by atoms with Crippen molar-refractivity contribution in [2.75, 3.05) is 79.3 Å². The maximum absolute atomic E-state index is 5.56. The van der Waals surface area contributed by atoms with Crippen LogP contribution in [-0.2, 0) is 37.9 Å². The van der Waals surface area contributed by atoms with E-state index in [4.69, 9.17) is 37.9 Å². The Kier molecular flexibility index (Phi) is 19.7. The number of hydrogen-bond acceptors (Lipinski definition) is 8. The van der Waals surface area contributed by atoms with Crippen LogP contribution in [0.25, 0.3) is 0 Å². The second kappa shape index (κ2) is 20.6. The Hall–Kier alpha value is -1.16. The lowest BCUT2D eigenvalue weighted by atomic mass is 10.6. The molecule has 0 fully saturated rings. The van der Waals surface area contributed by atoms with E-state index in [2.05, 4.69) is 20.1 Å². The molecule has 0 aromatic rings. The molecule has 0 rings (SSSR count). The summed E-state index contributed by atoms with van der Waals surface area (Å²) < 4.78 is 42.9. The second-order valence-corrected chi connectivity index (χ2v) is 5.70. The van der Waals surface area contributed by atoms with Crippen LogP contribution in [0.2, 0.25) is 0 Å². The Morgan fingerprint density at radius 2 is 1.07 bits per heavy atom. The van der Waals surface area contributed by atoms with Gasteiger partial charge in [-0.05, 0) is 20.8 Å². The molecule has 0 aliphatic rings. The molecule has 8 nitrogen and oxygen atoms in total. The minimum absolute atomic E-state index is 0.250. The van der Waals surface area contributed by atoms with Crippen molar-refractivity contribution in [3.05, 3.63) is 31.6 Å². The number of ether oxygens (including phenoxy) is 8. The topological polar surface area (TPSA) is 73.8 Å². The molecule has 0 bridgehead atoms. The molecule has 1 unspecified atom stereocenters. The maximum atomic E-state index is 5.56. The third kappa shape index (κ3) is 21.1. The number of rotatable bonds is 22. The average Bonchev–Trinajstić information content (AvgIpc) is 2.65. The predicted molar refractivity (Wildman–Crippen MR) is 106 cm³/mol. The third-order valence-corrected chi connectivity index (χ3v) is 2.96. The quantitative estimate of drug-likeness (QED) is 0.154. The smallest absolute Gasteiger partial charge is 0.233 e. The first kappa shape index (κ1) is 26.8. The zero-order chi connectivity index (χ0) is 20.9. The fraction of sp³-hybridized carbons (Fsp3) is 0.750. The van der Waals surface area contributed by atoms with Gasteiger partial charge in [0.25, 0.3) is 0 Å². The summed E-state index contributed by atoms with van der Waals surface area (Å²) in [7, 11) is 0. The van der Waals surface area contributed by atoms with Gasteiger partial charge in [-0.3, -0.25) is 0 Å². The lowest BCUT2D eigenvalue weighted by Gasteiger charge is -2.20. The van der Waals surface area contributed by atoms with Gasteiger partial charge in [-0.2, -0.15) is 0 Å². The van der Waals surface area contributed by atoms with E-state index in [9.17, 15) is 0 Å². The molecular weight excluding hydrogens is 368 g/mol. The minimum Gasteiger partial charge on any atom is -0.492 e. The minimum atomic E-state index is -0.536. The molecule has 0 amide bonds. The van der Waals surface area contributed by atoms with Gasteiger partial charge in [0.1, 0.15) is 6.61 Å². The van der Waals surface area contributed by atoms with Gasteiger partial charge in [0.2, 0.25) is 6.29 Å². The van der Waals surface area contributed by atoms with Gasteiger partial charge in [-0.15, -0.1) is 0 Å². The Bertz CT molecular complexity index is 375. The van der Waals surface area contributed by atoms with E-state index in [-0.39, 0.29) is 6.61 Å². The van der Waals surface area contributed by atoms with Gasteiger partial charge >= 0.3 is 0 Å². The lowest BCUT2D eigenvalue weighted by Crippen LogP contribution is -2.24. The number of allylic oxidation sites excluding steroid dienone is 2. The van der Waals surface area contributed by atoms with Crippen LogP contribution in [0.4, 0.5) is 0 Å². The molecule has 0 saturated carbocycles. The summed E-state index contributed by atoms with van der Waals surface area (Å²) in [6.45, 7) is 20.2. The molecule has 1 radical (unpaired) electrons. The van der Waals surface area contributed by atoms with Crippen LogP contribution in [0.5, 0.6) is 0 Å². The Morgan fingerprint density at radius 3 is 1.46 bits per heavy atom. The van der Waals surface area contributed by atoms with Crippen LogP contribution in [0.15, 0.2) is 24.7 Å². The summed E-state index contributed by atoms with van der Waals surface area (Å²) in [5.41, 5.74) is 0. The Balaban J connectivity index is 3.37. The van der Waals surface area contributed by atoms with Crippen molar-refractivity contribution in [1.82, 2.24) is 0 Å². The van der Waals surface area contributed by atoms with Crippen molar-refractivity contribution in [3.8, 4) is 0 Å². The largest absolute Gasteiger partial charge is 0.492 e. The van der Waals surface area contributed by atoms with Crippen molar-refractivity contribution in [1.29, 1.82) is 0 Å². The Morgan fingerprint density at radius 1 is 0.643 bits per heavy atom. The van der Waals surface area contributed by atoms with E-state index >= 15 is 0 Å². The molecule has 0 aliphatic heterocycles. The lowest BCUT2D eigenvalue weighted by molar-refractivity contribution is -0.151.